The summed E-state index contributed by atoms with van der Waals surface area (Å²) in [7, 11) is 1.62. The molecule has 0 saturated heterocycles. The van der Waals surface area contributed by atoms with Crippen LogP contribution in [0.3, 0.4) is 0 Å². The van der Waals surface area contributed by atoms with Crippen LogP contribution in [0.5, 0.6) is 5.75 Å². The second-order valence-corrected chi connectivity index (χ2v) is 6.20. The molecule has 0 radical (unpaired) electrons. The highest BCUT2D eigenvalue weighted by Gasteiger charge is 2.20. The minimum atomic E-state index is -0.0895. The molecule has 0 saturated carbocycles. The Balaban J connectivity index is 2.12. The summed E-state index contributed by atoms with van der Waals surface area (Å²) < 4.78 is 11.8. The molecule has 0 aliphatic carbocycles. The Bertz CT molecular complexity index is 801. The molecule has 3 aromatic rings. The Morgan fingerprint density at radius 1 is 1.35 bits per heavy atom. The summed E-state index contributed by atoms with van der Waals surface area (Å²) >= 11 is 4.75. The number of hydrogen-bond donors (Lipinski definition) is 0. The Morgan fingerprint density at radius 2 is 2.15 bits per heavy atom. The average Bonchev–Trinajstić information content (AvgIpc) is 3.02. The summed E-state index contributed by atoms with van der Waals surface area (Å²) in [6, 6.07) is 7.33. The SMILES string of the molecule is COc1ccc2oc(C(=O)c3cc(Br)cs3)c(C)c2c1. The molecule has 5 heteroatoms. The van der Waals surface area contributed by atoms with Gasteiger partial charge in [0.05, 0.1) is 12.0 Å². The van der Waals surface area contributed by atoms with Gasteiger partial charge in [0.1, 0.15) is 11.3 Å². The van der Waals surface area contributed by atoms with Crippen LogP contribution in [-0.2, 0) is 0 Å². The van der Waals surface area contributed by atoms with Gasteiger partial charge in [-0.25, -0.2) is 0 Å². The van der Waals surface area contributed by atoms with E-state index in [4.69, 9.17) is 9.15 Å². The lowest BCUT2D eigenvalue weighted by atomic mass is 10.1. The summed E-state index contributed by atoms with van der Waals surface area (Å²) in [4.78, 5) is 13.1. The standard InChI is InChI=1S/C15H11BrO3S/c1-8-11-6-10(18-2)3-4-12(11)19-15(8)14(17)13-5-9(16)7-20-13/h3-7H,1-2H3. The number of benzene rings is 1. The van der Waals surface area contributed by atoms with Crippen molar-refractivity contribution in [2.24, 2.45) is 0 Å². The summed E-state index contributed by atoms with van der Waals surface area (Å²) in [6.45, 7) is 1.89. The second-order valence-electron chi connectivity index (χ2n) is 4.38. The van der Waals surface area contributed by atoms with E-state index in [0.29, 0.717) is 16.2 Å². The molecular formula is C15H11BrO3S. The number of furan rings is 1. The van der Waals surface area contributed by atoms with Crippen LogP contribution >= 0.6 is 27.3 Å². The number of methoxy groups -OCH3 is 1. The highest BCUT2D eigenvalue weighted by molar-refractivity contribution is 9.10. The van der Waals surface area contributed by atoms with Crippen LogP contribution in [0.4, 0.5) is 0 Å². The van der Waals surface area contributed by atoms with Crippen molar-refractivity contribution in [2.75, 3.05) is 7.11 Å². The number of hydrogen-bond acceptors (Lipinski definition) is 4. The number of carbonyl (C=O) groups excluding carboxylic acids is 1. The van der Waals surface area contributed by atoms with Gasteiger partial charge in [-0.2, -0.15) is 0 Å². The molecule has 0 N–H and O–H groups in total. The van der Waals surface area contributed by atoms with Crippen molar-refractivity contribution in [3.05, 3.63) is 50.3 Å². The first kappa shape index (κ1) is 13.4. The molecule has 0 spiro atoms. The van der Waals surface area contributed by atoms with E-state index >= 15 is 0 Å². The van der Waals surface area contributed by atoms with Crippen LogP contribution in [0, 0.1) is 6.92 Å². The monoisotopic (exact) mass is 350 g/mol. The van der Waals surface area contributed by atoms with Gasteiger partial charge in [0.25, 0.3) is 0 Å². The lowest BCUT2D eigenvalue weighted by molar-refractivity contribution is 0.101. The minimum absolute atomic E-state index is 0.0895. The van der Waals surface area contributed by atoms with Crippen LogP contribution in [0.15, 0.2) is 38.5 Å². The first-order chi connectivity index (χ1) is 9.60. The van der Waals surface area contributed by atoms with Crippen LogP contribution in [-0.4, -0.2) is 12.9 Å². The van der Waals surface area contributed by atoms with E-state index in [0.717, 1.165) is 21.2 Å². The molecular weight excluding hydrogens is 340 g/mol. The fourth-order valence-electron chi connectivity index (χ4n) is 2.09. The zero-order chi connectivity index (χ0) is 14.3. The van der Waals surface area contributed by atoms with Gasteiger partial charge < -0.3 is 9.15 Å². The topological polar surface area (TPSA) is 39.4 Å². The lowest BCUT2D eigenvalue weighted by Crippen LogP contribution is -1.98. The maximum Gasteiger partial charge on any atom is 0.238 e. The van der Waals surface area contributed by atoms with Crippen molar-refractivity contribution in [1.29, 1.82) is 0 Å². The van der Waals surface area contributed by atoms with Crippen LogP contribution in [0.1, 0.15) is 21.0 Å². The summed E-state index contributed by atoms with van der Waals surface area (Å²) in [5, 5.41) is 2.79. The van der Waals surface area contributed by atoms with Gasteiger partial charge in [0.2, 0.25) is 5.78 Å². The Hall–Kier alpha value is -1.59. The smallest absolute Gasteiger partial charge is 0.238 e. The highest BCUT2D eigenvalue weighted by atomic mass is 79.9. The lowest BCUT2D eigenvalue weighted by Gasteiger charge is -1.97. The maximum absolute atomic E-state index is 12.5. The molecule has 0 aliphatic heterocycles. The molecule has 20 heavy (non-hydrogen) atoms. The number of aryl methyl sites for hydroxylation is 1. The molecule has 0 bridgehead atoms. The molecule has 2 aromatic heterocycles. The molecule has 0 fully saturated rings. The normalized spacial score (nSPS) is 10.9. The number of rotatable bonds is 3. The van der Waals surface area contributed by atoms with Gasteiger partial charge in [0, 0.05) is 20.8 Å². The van der Waals surface area contributed by atoms with Crippen molar-refractivity contribution in [3.8, 4) is 5.75 Å². The van der Waals surface area contributed by atoms with Gasteiger partial charge >= 0.3 is 0 Å². The molecule has 0 aliphatic rings. The van der Waals surface area contributed by atoms with Gasteiger partial charge in [-0.3, -0.25) is 4.79 Å². The van der Waals surface area contributed by atoms with E-state index in [1.165, 1.54) is 11.3 Å². The Morgan fingerprint density at radius 3 is 2.80 bits per heavy atom. The minimum Gasteiger partial charge on any atom is -0.497 e. The van der Waals surface area contributed by atoms with E-state index < -0.39 is 0 Å². The quantitative estimate of drug-likeness (QED) is 0.636. The molecule has 3 rings (SSSR count). The zero-order valence-electron chi connectivity index (χ0n) is 10.9. The van der Waals surface area contributed by atoms with Crippen molar-refractivity contribution in [2.45, 2.75) is 6.92 Å². The predicted octanol–water partition coefficient (Wildman–Crippen LogP) is 4.80. The van der Waals surface area contributed by atoms with Crippen LogP contribution < -0.4 is 4.74 Å². The first-order valence-electron chi connectivity index (χ1n) is 5.96. The first-order valence-corrected chi connectivity index (χ1v) is 7.63. The molecule has 102 valence electrons. The van der Waals surface area contributed by atoms with E-state index in [1.807, 2.05) is 30.5 Å². The number of thiophene rings is 1. The van der Waals surface area contributed by atoms with E-state index in [1.54, 1.807) is 13.2 Å². The highest BCUT2D eigenvalue weighted by Crippen LogP contribution is 2.31. The van der Waals surface area contributed by atoms with E-state index in [9.17, 15) is 4.79 Å². The van der Waals surface area contributed by atoms with Crippen molar-refractivity contribution < 1.29 is 13.9 Å². The summed E-state index contributed by atoms with van der Waals surface area (Å²) in [6.07, 6.45) is 0. The summed E-state index contributed by atoms with van der Waals surface area (Å²) in [5.41, 5.74) is 1.54. The third-order valence-electron chi connectivity index (χ3n) is 3.14. The predicted molar refractivity (Wildman–Crippen MR) is 83.0 cm³/mol. The molecule has 2 heterocycles. The number of fused-ring (bicyclic) bond motifs is 1. The Labute approximate surface area is 128 Å². The van der Waals surface area contributed by atoms with Crippen molar-refractivity contribution in [1.82, 2.24) is 0 Å². The Kier molecular flexibility index (Phi) is 3.40. The second kappa shape index (κ2) is 5.07. The number of halogens is 1. The van der Waals surface area contributed by atoms with E-state index in [2.05, 4.69) is 15.9 Å². The molecule has 3 nitrogen and oxygen atoms in total. The van der Waals surface area contributed by atoms with Gasteiger partial charge in [-0.15, -0.1) is 11.3 Å². The number of ketones is 1. The zero-order valence-corrected chi connectivity index (χ0v) is 13.3. The van der Waals surface area contributed by atoms with Gasteiger partial charge in [-0.05, 0) is 47.1 Å². The fraction of sp³-hybridized carbons (Fsp3) is 0.133. The van der Waals surface area contributed by atoms with Crippen LogP contribution in [0.25, 0.3) is 11.0 Å². The van der Waals surface area contributed by atoms with E-state index in [-0.39, 0.29) is 5.78 Å². The molecule has 0 amide bonds. The third-order valence-corrected chi connectivity index (χ3v) is 4.83. The number of ether oxygens (including phenoxy) is 1. The fourth-order valence-corrected chi connectivity index (χ4v) is 3.45. The molecule has 0 unspecified atom stereocenters. The summed E-state index contributed by atoms with van der Waals surface area (Å²) in [5.74, 6) is 1.05. The molecule has 0 atom stereocenters. The van der Waals surface area contributed by atoms with Crippen molar-refractivity contribution in [3.63, 3.8) is 0 Å². The van der Waals surface area contributed by atoms with Gasteiger partial charge in [-0.1, -0.05) is 0 Å². The van der Waals surface area contributed by atoms with Gasteiger partial charge in [0.15, 0.2) is 5.76 Å². The number of carbonyl (C=O) groups is 1. The maximum atomic E-state index is 12.5. The third kappa shape index (κ3) is 2.17. The molecule has 1 aromatic carbocycles. The van der Waals surface area contributed by atoms with Crippen molar-refractivity contribution >= 4 is 44.0 Å². The van der Waals surface area contributed by atoms with Crippen LogP contribution in [0.2, 0.25) is 0 Å². The average molecular weight is 351 g/mol. The largest absolute Gasteiger partial charge is 0.497 e.